The summed E-state index contributed by atoms with van der Waals surface area (Å²) >= 11 is -98.5. The number of hydrogen-bond donors (Lipinski definition) is 0. The summed E-state index contributed by atoms with van der Waals surface area (Å²) in [7, 11) is -7.94. The van der Waals surface area contributed by atoms with Crippen molar-refractivity contribution in [2.24, 2.45) is 0 Å². The van der Waals surface area contributed by atoms with Gasteiger partial charge >= 0.3 is 351 Å². The van der Waals surface area contributed by atoms with Crippen LogP contribution in [-0.4, -0.2) is 17.4 Å². The molecule has 40 nitrogen and oxygen atoms in total. The van der Waals surface area contributed by atoms with Crippen molar-refractivity contribution >= 4 is 25.2 Å². The Bertz CT molecular complexity index is 2510. The average Bonchev–Trinajstić information content (AvgIpc) is 2.58. The van der Waals surface area contributed by atoms with Gasteiger partial charge < -0.3 is 0 Å². The second-order valence-corrected chi connectivity index (χ2v) is 55.7. The fraction of sp³-hybridized carbons (Fsp3) is 0. The first-order chi connectivity index (χ1) is 22.5. The van der Waals surface area contributed by atoms with Gasteiger partial charge in [0.25, 0.3) is 0 Å². The third kappa shape index (κ3) is 29.0. The van der Waals surface area contributed by atoms with E-state index in [1.807, 2.05) is 0 Å². The Hall–Kier alpha value is 3.62. The first-order valence-electron chi connectivity index (χ1n) is 8.73. The minimum Gasteiger partial charge on any atom is 3.00 e. The smallest absolute Gasteiger partial charge is 3.00 e. The van der Waals surface area contributed by atoms with E-state index in [0.29, 0.717) is 0 Å². The van der Waals surface area contributed by atoms with Crippen molar-refractivity contribution in [3.63, 3.8) is 0 Å². The molecule has 320 valence electrons. The molecule has 0 spiro atoms. The number of hydrogen-bond acceptors (Lipinski definition) is 40. The summed E-state index contributed by atoms with van der Waals surface area (Å²) in [6.07, 6.45) is 0. The largest absolute Gasteiger partial charge is 3.00 e. The van der Waals surface area contributed by atoms with Crippen LogP contribution in [0.5, 0.6) is 0 Å². The van der Waals surface area contributed by atoms with Gasteiger partial charge in [-0.15, -0.1) is 0 Å². The van der Waals surface area contributed by atoms with Gasteiger partial charge in [-0.05, 0) is 0 Å². The first-order valence-corrected chi connectivity index (χ1v) is 49.5. The fourth-order valence-corrected chi connectivity index (χ4v) is 60.0. The molecule has 0 amide bonds. The molecular formula is AlMo12O40P. The van der Waals surface area contributed by atoms with Gasteiger partial charge in [0.2, 0.25) is 0 Å². The van der Waals surface area contributed by atoms with Gasteiger partial charge in [0.1, 0.15) is 0 Å². The van der Waals surface area contributed by atoms with E-state index in [0.717, 1.165) is 0 Å². The molecule has 0 aliphatic carbocycles. The minimum absolute atomic E-state index is 0. The van der Waals surface area contributed by atoms with E-state index >= 15 is 0 Å². The summed E-state index contributed by atoms with van der Waals surface area (Å²) < 4.78 is 351. The maximum Gasteiger partial charge on any atom is 3.00 e. The summed E-state index contributed by atoms with van der Waals surface area (Å²) in [6, 6.07) is 0. The number of rotatable bonds is 24. The van der Waals surface area contributed by atoms with E-state index < -0.39 is 209 Å². The second-order valence-electron chi connectivity index (χ2n) is 6.18. The van der Waals surface area contributed by atoms with Gasteiger partial charge in [-0.1, -0.05) is 0 Å². The first kappa shape index (κ1) is 59.7. The molecule has 0 atom stereocenters. The van der Waals surface area contributed by atoms with E-state index in [1.54, 1.807) is 0 Å². The van der Waals surface area contributed by atoms with Crippen LogP contribution < -0.4 is 11.3 Å². The third-order valence-electron chi connectivity index (χ3n) is 2.05. The van der Waals surface area contributed by atoms with Crippen LogP contribution in [0.2, 0.25) is 0 Å². The molecule has 0 saturated carbocycles. The molecule has 54 heavy (non-hydrogen) atoms. The van der Waals surface area contributed by atoms with Crippen LogP contribution in [0.3, 0.4) is 0 Å². The second kappa shape index (κ2) is 20.0. The van der Waals surface area contributed by atoms with Gasteiger partial charge in [-0.3, -0.25) is 0 Å². The maximum absolute atomic E-state index is 12.7. The van der Waals surface area contributed by atoms with Crippen molar-refractivity contribution < 1.29 is 326 Å². The van der Waals surface area contributed by atoms with E-state index in [-0.39, 0.29) is 17.4 Å². The molecule has 0 saturated heterocycles. The van der Waals surface area contributed by atoms with Crippen molar-refractivity contribution in [2.75, 3.05) is 0 Å². The molecule has 0 unspecified atom stereocenters. The third-order valence-corrected chi connectivity index (χ3v) is 62.2. The Balaban J connectivity index is 0. The zero-order chi connectivity index (χ0) is 43.0. The molecule has 0 heterocycles. The molecule has 0 aromatic heterocycles. The molecule has 0 aliphatic rings. The molecule has 0 radical (unpaired) electrons. The summed E-state index contributed by atoms with van der Waals surface area (Å²) in [4.78, 5) is 0. The van der Waals surface area contributed by atoms with Crippen LogP contribution in [0.15, 0.2) is 0 Å². The van der Waals surface area contributed by atoms with Crippen LogP contribution in [-0.2, 0) is 315 Å². The van der Waals surface area contributed by atoms with Gasteiger partial charge in [-0.25, -0.2) is 0 Å². The van der Waals surface area contributed by atoms with E-state index in [1.165, 1.54) is 0 Å². The Morgan fingerprint density at radius 3 is 0.537 bits per heavy atom. The molecule has 0 aliphatic heterocycles. The predicted octanol–water partition coefficient (Wildman–Crippen LogP) is -6.91. The number of phosphoric acid groups is 1. The Labute approximate surface area is 344 Å². The standard InChI is InChI=1S/Al.12Mo.H3O4P.36O/c;;;;;;;;;;;;;1-5(2,3)4;;;;;;;;;;;;;;;;;;;;;;;;;;;;;;;;;;;;/h;;;;;;;;;;;;;(H3,1,2,3,4);;;;;;;;;;;;;;;;;;;;;;;;;;;;;;;;;;;;/q+3;;;;;;;;;;3*+1;;;;;;;;;;;;;;;;;;;;;;;;;;;;;;;;;;;3*-1/p-3. The van der Waals surface area contributed by atoms with Gasteiger partial charge in [-0.2, -0.15) is 0 Å². The van der Waals surface area contributed by atoms with Crippen LogP contribution >= 0.6 is 7.82 Å². The van der Waals surface area contributed by atoms with Gasteiger partial charge in [0, 0.05) is 0 Å². The molecule has 0 fully saturated rings. The molecule has 0 aromatic carbocycles. The quantitative estimate of drug-likeness (QED) is 0.0640. The van der Waals surface area contributed by atoms with Crippen LogP contribution in [0.4, 0.5) is 0 Å². The molecule has 0 aromatic rings. The zero-order valence-corrected chi connectivity index (χ0v) is 48.4. The molecular weight excluding hydrogens is 1850 g/mol. The van der Waals surface area contributed by atoms with E-state index in [9.17, 15) is 97.4 Å². The topological polar surface area (TPSA) is 607 Å². The van der Waals surface area contributed by atoms with Crippen molar-refractivity contribution in [1.29, 1.82) is 0 Å². The van der Waals surface area contributed by atoms with Gasteiger partial charge in [0.15, 0.2) is 0 Å². The summed E-state index contributed by atoms with van der Waals surface area (Å²) in [5.41, 5.74) is 0. The van der Waals surface area contributed by atoms with Crippen LogP contribution in [0.25, 0.3) is 0 Å². The summed E-state index contributed by atoms with van der Waals surface area (Å²) in [5, 5.41) is 0. The predicted molar refractivity (Wildman–Crippen MR) is 42.9 cm³/mol. The van der Waals surface area contributed by atoms with Crippen molar-refractivity contribution in [1.82, 2.24) is 0 Å². The monoisotopic (exact) mass is 1870 g/mol. The Morgan fingerprint density at radius 1 is 0.259 bits per heavy atom. The molecule has 0 N–H and O–H groups in total. The summed E-state index contributed by atoms with van der Waals surface area (Å²) in [6.45, 7) is 0. The van der Waals surface area contributed by atoms with Crippen LogP contribution in [0.1, 0.15) is 0 Å². The van der Waals surface area contributed by atoms with E-state index in [4.69, 9.17) is 0 Å². The van der Waals surface area contributed by atoms with Gasteiger partial charge in [0.05, 0.1) is 0 Å². The normalized spacial score (nSPS) is 15.3. The molecule has 54 heteroatoms. The molecule has 0 rings (SSSR count). The maximum atomic E-state index is 12.7. The average molecular weight is 1850 g/mol. The van der Waals surface area contributed by atoms with Crippen molar-refractivity contribution in [2.45, 2.75) is 0 Å². The Morgan fingerprint density at radius 2 is 0.389 bits per heavy atom. The fourth-order valence-electron chi connectivity index (χ4n) is 1.40. The van der Waals surface area contributed by atoms with E-state index in [2.05, 4.69) is 27.9 Å². The van der Waals surface area contributed by atoms with Crippen LogP contribution in [0, 0.1) is 0 Å². The summed E-state index contributed by atoms with van der Waals surface area (Å²) in [5.74, 6) is 0. The zero-order valence-electron chi connectivity index (χ0n) is 22.3. The Kier molecular flexibility index (Phi) is 22.1. The van der Waals surface area contributed by atoms with Crippen molar-refractivity contribution in [3.05, 3.63) is 0 Å². The molecule has 0 bridgehead atoms. The van der Waals surface area contributed by atoms with Crippen molar-refractivity contribution in [3.8, 4) is 0 Å². The minimum atomic E-state index is -8.82. The SMILES string of the molecule is O=P([O][Mo](=[O])(=[O])[O][Mo](=[O])(=[O])[O][Mo](=[O])(=[O])[O][Mo](=[O])(=[O])[O-])([O][Mo](=[O])(=[O])[O][Mo](=[O])(=[O])[O][Mo](=[O])(=[O])[O][Mo](=[O])(=[O])[O-])[O][Mo](=[O])(=[O])[O][Mo](=[O])(=[O])[O][Mo](=[O])(=[O])[O][Mo](=[O])(=[O])[O-].[Al+3].